The lowest BCUT2D eigenvalue weighted by Crippen LogP contribution is -2.43. The maximum Gasteiger partial charge on any atom is 0.253 e. The van der Waals surface area contributed by atoms with E-state index < -0.39 is 0 Å². The van der Waals surface area contributed by atoms with E-state index in [0.717, 1.165) is 44.3 Å². The second kappa shape index (κ2) is 8.48. The highest BCUT2D eigenvalue weighted by Gasteiger charge is 2.23. The first-order chi connectivity index (χ1) is 12.1. The Morgan fingerprint density at radius 1 is 1.08 bits per heavy atom. The summed E-state index contributed by atoms with van der Waals surface area (Å²) >= 11 is 0. The van der Waals surface area contributed by atoms with Crippen molar-refractivity contribution >= 4 is 11.8 Å². The van der Waals surface area contributed by atoms with Crippen LogP contribution in [0.5, 0.6) is 0 Å². The zero-order valence-corrected chi connectivity index (χ0v) is 15.1. The van der Waals surface area contributed by atoms with Crippen molar-refractivity contribution in [1.82, 2.24) is 15.5 Å². The number of benzene rings is 1. The van der Waals surface area contributed by atoms with Crippen molar-refractivity contribution in [2.75, 3.05) is 20.1 Å². The summed E-state index contributed by atoms with van der Waals surface area (Å²) in [5, 5.41) is 6.35. The lowest BCUT2D eigenvalue weighted by atomic mass is 10.0. The van der Waals surface area contributed by atoms with Crippen molar-refractivity contribution in [2.45, 2.75) is 51.1 Å². The molecular weight excluding hydrogens is 314 g/mol. The summed E-state index contributed by atoms with van der Waals surface area (Å²) < 4.78 is 0. The molecule has 2 N–H and O–H groups in total. The van der Waals surface area contributed by atoms with E-state index in [9.17, 15) is 9.59 Å². The Morgan fingerprint density at radius 3 is 2.36 bits per heavy atom. The summed E-state index contributed by atoms with van der Waals surface area (Å²) in [6.07, 6.45) is 6.38. The van der Waals surface area contributed by atoms with Gasteiger partial charge in [0.05, 0.1) is 0 Å². The largest absolute Gasteiger partial charge is 0.352 e. The van der Waals surface area contributed by atoms with Gasteiger partial charge in [0, 0.05) is 31.1 Å². The summed E-state index contributed by atoms with van der Waals surface area (Å²) in [4.78, 5) is 26.6. The summed E-state index contributed by atoms with van der Waals surface area (Å²) in [6.45, 7) is 2.48. The molecule has 0 spiro atoms. The summed E-state index contributed by atoms with van der Waals surface area (Å²) in [5.41, 5.74) is 1.75. The molecular formula is C20H29N3O2. The van der Waals surface area contributed by atoms with Gasteiger partial charge in [0.25, 0.3) is 5.91 Å². The Morgan fingerprint density at radius 2 is 1.72 bits per heavy atom. The maximum absolute atomic E-state index is 12.6. The van der Waals surface area contributed by atoms with Gasteiger partial charge in [-0.2, -0.15) is 0 Å². The maximum atomic E-state index is 12.6. The number of nitrogens with zero attached hydrogens (tertiary/aromatic N) is 1. The zero-order chi connectivity index (χ0) is 17.6. The third kappa shape index (κ3) is 4.60. The van der Waals surface area contributed by atoms with Crippen LogP contribution in [-0.4, -0.2) is 42.9 Å². The Bertz CT molecular complexity index is 587. The molecule has 2 amide bonds. The van der Waals surface area contributed by atoms with Crippen LogP contribution in [0.4, 0.5) is 0 Å². The van der Waals surface area contributed by atoms with E-state index >= 15 is 0 Å². The monoisotopic (exact) mass is 343 g/mol. The van der Waals surface area contributed by atoms with E-state index in [0.29, 0.717) is 18.2 Å². The first-order valence-electron chi connectivity index (χ1n) is 9.49. The van der Waals surface area contributed by atoms with Crippen molar-refractivity contribution in [2.24, 2.45) is 5.92 Å². The van der Waals surface area contributed by atoms with Crippen LogP contribution in [0.15, 0.2) is 24.3 Å². The topological polar surface area (TPSA) is 61.4 Å². The molecule has 25 heavy (non-hydrogen) atoms. The molecule has 2 aliphatic rings. The van der Waals surface area contributed by atoms with Crippen LogP contribution in [0.1, 0.15) is 54.4 Å². The molecule has 3 rings (SSSR count). The van der Waals surface area contributed by atoms with Crippen molar-refractivity contribution in [3.8, 4) is 0 Å². The Hall–Kier alpha value is -1.88. The summed E-state index contributed by atoms with van der Waals surface area (Å²) in [7, 11) is 1.90. The molecule has 1 aliphatic heterocycles. The van der Waals surface area contributed by atoms with E-state index in [4.69, 9.17) is 0 Å². The minimum Gasteiger partial charge on any atom is -0.352 e. The minimum atomic E-state index is 0.0773. The molecule has 5 nitrogen and oxygen atoms in total. The van der Waals surface area contributed by atoms with Gasteiger partial charge in [-0.25, -0.2) is 0 Å². The number of amides is 2. The van der Waals surface area contributed by atoms with Gasteiger partial charge >= 0.3 is 0 Å². The third-order valence-corrected chi connectivity index (χ3v) is 5.57. The summed E-state index contributed by atoms with van der Waals surface area (Å²) in [5.74, 6) is 0.441. The molecule has 1 aromatic rings. The molecule has 0 bridgehead atoms. The van der Waals surface area contributed by atoms with E-state index in [-0.39, 0.29) is 17.7 Å². The second-order valence-electron chi connectivity index (χ2n) is 7.29. The highest BCUT2D eigenvalue weighted by Crippen LogP contribution is 2.24. The molecule has 0 unspecified atom stereocenters. The fourth-order valence-corrected chi connectivity index (χ4v) is 3.85. The summed E-state index contributed by atoms with van der Waals surface area (Å²) in [6, 6.07) is 7.95. The second-order valence-corrected chi connectivity index (χ2v) is 7.29. The van der Waals surface area contributed by atoms with Gasteiger partial charge in [-0.05, 0) is 56.5 Å². The standard InChI is InChI=1S/C20H29N3O2/c1-23(18-10-12-21-13-11-18)20(25)17-8-6-15(7-9-17)14-22-19(24)16-4-2-3-5-16/h6-9,16,18,21H,2-5,10-14H2,1H3,(H,22,24). The number of piperidine rings is 1. The molecule has 0 atom stereocenters. The number of rotatable bonds is 5. The minimum absolute atomic E-state index is 0.0773. The molecule has 1 aromatic carbocycles. The lowest BCUT2D eigenvalue weighted by Gasteiger charge is -2.31. The quantitative estimate of drug-likeness (QED) is 0.862. The van der Waals surface area contributed by atoms with Gasteiger partial charge in [-0.3, -0.25) is 9.59 Å². The molecule has 1 aliphatic carbocycles. The SMILES string of the molecule is CN(C(=O)c1ccc(CNC(=O)C2CCCC2)cc1)C1CCNCC1. The highest BCUT2D eigenvalue weighted by molar-refractivity contribution is 5.94. The van der Waals surface area contributed by atoms with Gasteiger partial charge in [-0.1, -0.05) is 25.0 Å². The van der Waals surface area contributed by atoms with Crippen LogP contribution >= 0.6 is 0 Å². The normalized spacial score (nSPS) is 18.9. The van der Waals surface area contributed by atoms with Crippen LogP contribution < -0.4 is 10.6 Å². The van der Waals surface area contributed by atoms with E-state index in [1.807, 2.05) is 36.2 Å². The van der Waals surface area contributed by atoms with Crippen LogP contribution in [0.2, 0.25) is 0 Å². The van der Waals surface area contributed by atoms with Crippen LogP contribution in [0.25, 0.3) is 0 Å². The number of carbonyl (C=O) groups is 2. The van der Waals surface area contributed by atoms with Gasteiger partial charge < -0.3 is 15.5 Å². The predicted octanol–water partition coefficient (Wildman–Crippen LogP) is 2.32. The van der Waals surface area contributed by atoms with Gasteiger partial charge in [0.15, 0.2) is 0 Å². The molecule has 1 heterocycles. The molecule has 1 saturated heterocycles. The number of carbonyl (C=O) groups excluding carboxylic acids is 2. The average molecular weight is 343 g/mol. The van der Waals surface area contributed by atoms with E-state index in [1.165, 1.54) is 12.8 Å². The van der Waals surface area contributed by atoms with E-state index in [1.54, 1.807) is 0 Å². The Kier molecular flexibility index (Phi) is 6.08. The van der Waals surface area contributed by atoms with Crippen LogP contribution in [0.3, 0.4) is 0 Å². The molecule has 0 radical (unpaired) electrons. The smallest absolute Gasteiger partial charge is 0.253 e. The number of nitrogens with one attached hydrogen (secondary N) is 2. The van der Waals surface area contributed by atoms with Gasteiger partial charge in [0.1, 0.15) is 0 Å². The molecule has 1 saturated carbocycles. The Balaban J connectivity index is 1.52. The van der Waals surface area contributed by atoms with Crippen molar-refractivity contribution in [1.29, 1.82) is 0 Å². The number of hydrogen-bond donors (Lipinski definition) is 2. The molecule has 0 aromatic heterocycles. The zero-order valence-electron chi connectivity index (χ0n) is 15.1. The van der Waals surface area contributed by atoms with Gasteiger partial charge in [0.2, 0.25) is 5.91 Å². The molecule has 2 fully saturated rings. The van der Waals surface area contributed by atoms with Crippen molar-refractivity contribution < 1.29 is 9.59 Å². The molecule has 5 heteroatoms. The fraction of sp³-hybridized carbons (Fsp3) is 0.600. The van der Waals surface area contributed by atoms with Crippen LogP contribution in [0, 0.1) is 5.92 Å². The first-order valence-corrected chi connectivity index (χ1v) is 9.49. The van der Waals surface area contributed by atoms with E-state index in [2.05, 4.69) is 10.6 Å². The first kappa shape index (κ1) is 17.9. The van der Waals surface area contributed by atoms with Crippen LogP contribution in [-0.2, 0) is 11.3 Å². The Labute approximate surface area is 150 Å². The average Bonchev–Trinajstić information content (AvgIpc) is 3.21. The lowest BCUT2D eigenvalue weighted by molar-refractivity contribution is -0.124. The predicted molar refractivity (Wildman–Crippen MR) is 98.2 cm³/mol. The van der Waals surface area contributed by atoms with Crippen molar-refractivity contribution in [3.63, 3.8) is 0 Å². The van der Waals surface area contributed by atoms with Crippen molar-refractivity contribution in [3.05, 3.63) is 35.4 Å². The third-order valence-electron chi connectivity index (χ3n) is 5.57. The fourth-order valence-electron chi connectivity index (χ4n) is 3.85. The number of hydrogen-bond acceptors (Lipinski definition) is 3. The highest BCUT2D eigenvalue weighted by atomic mass is 16.2. The van der Waals surface area contributed by atoms with Gasteiger partial charge in [-0.15, -0.1) is 0 Å². The molecule has 136 valence electrons.